The fourth-order valence-corrected chi connectivity index (χ4v) is 2.88. The zero-order valence-electron chi connectivity index (χ0n) is 13.1. The molecule has 1 fully saturated rings. The minimum absolute atomic E-state index is 0.594. The number of piperidine rings is 1. The van der Waals surface area contributed by atoms with Gasteiger partial charge in [0, 0.05) is 31.4 Å². The second-order valence-electron chi connectivity index (χ2n) is 5.98. The first-order chi connectivity index (χ1) is 9.63. The molecule has 1 aromatic rings. The van der Waals surface area contributed by atoms with Crippen LogP contribution in [-0.2, 0) is 13.0 Å². The van der Waals surface area contributed by atoms with Crippen LogP contribution in [0.2, 0.25) is 0 Å². The number of hydrogen-bond donors (Lipinski definition) is 1. The van der Waals surface area contributed by atoms with Gasteiger partial charge in [-0.3, -0.25) is 0 Å². The zero-order chi connectivity index (χ0) is 14.5. The first-order valence-corrected chi connectivity index (χ1v) is 7.75. The molecule has 0 aliphatic carbocycles. The molecule has 0 radical (unpaired) electrons. The molecular formula is C16H28N4. The Balaban J connectivity index is 2.19. The number of anilines is 1. The van der Waals surface area contributed by atoms with Gasteiger partial charge in [-0.1, -0.05) is 13.3 Å². The van der Waals surface area contributed by atoms with Gasteiger partial charge in [0.25, 0.3) is 0 Å². The fraction of sp³-hybridized carbons (Fsp3) is 0.688. The molecule has 1 aliphatic rings. The summed E-state index contributed by atoms with van der Waals surface area (Å²) in [5.41, 5.74) is 8.21. The molecule has 112 valence electrons. The Kier molecular flexibility index (Phi) is 5.38. The summed E-state index contributed by atoms with van der Waals surface area (Å²) >= 11 is 0. The van der Waals surface area contributed by atoms with Crippen molar-refractivity contribution in [1.82, 2.24) is 9.88 Å². The van der Waals surface area contributed by atoms with E-state index in [1.165, 1.54) is 24.1 Å². The standard InChI is InChI=1S/C16H28N4/c1-4-6-14-9-13(11-17)10-16(18-14)20-8-5-7-15(12-20)19(2)3/h9-10,15H,4-8,11-12,17H2,1-3H3. The molecule has 0 bridgehead atoms. The Hall–Kier alpha value is -1.13. The van der Waals surface area contributed by atoms with Gasteiger partial charge < -0.3 is 15.5 Å². The van der Waals surface area contributed by atoms with Crippen LogP contribution in [0.5, 0.6) is 0 Å². The van der Waals surface area contributed by atoms with Crippen molar-refractivity contribution in [2.45, 2.75) is 45.2 Å². The van der Waals surface area contributed by atoms with Crippen LogP contribution in [0.15, 0.2) is 12.1 Å². The molecule has 0 saturated carbocycles. The van der Waals surface area contributed by atoms with E-state index in [4.69, 9.17) is 10.7 Å². The second kappa shape index (κ2) is 7.04. The molecule has 1 unspecified atom stereocenters. The highest BCUT2D eigenvalue weighted by Crippen LogP contribution is 2.22. The number of pyridine rings is 1. The van der Waals surface area contributed by atoms with Crippen LogP contribution in [0.3, 0.4) is 0 Å². The highest BCUT2D eigenvalue weighted by Gasteiger charge is 2.22. The minimum atomic E-state index is 0.594. The largest absolute Gasteiger partial charge is 0.355 e. The van der Waals surface area contributed by atoms with E-state index in [0.717, 1.165) is 31.7 Å². The highest BCUT2D eigenvalue weighted by atomic mass is 15.2. The van der Waals surface area contributed by atoms with Gasteiger partial charge >= 0.3 is 0 Å². The molecule has 0 amide bonds. The van der Waals surface area contributed by atoms with Crippen LogP contribution in [0.25, 0.3) is 0 Å². The summed E-state index contributed by atoms with van der Waals surface area (Å²) in [7, 11) is 4.33. The van der Waals surface area contributed by atoms with Crippen molar-refractivity contribution < 1.29 is 0 Å². The van der Waals surface area contributed by atoms with E-state index in [9.17, 15) is 0 Å². The van der Waals surface area contributed by atoms with Gasteiger partial charge in [-0.25, -0.2) is 4.98 Å². The Morgan fingerprint density at radius 2 is 2.20 bits per heavy atom. The maximum absolute atomic E-state index is 5.83. The van der Waals surface area contributed by atoms with E-state index < -0.39 is 0 Å². The molecule has 1 aromatic heterocycles. The smallest absolute Gasteiger partial charge is 0.129 e. The summed E-state index contributed by atoms with van der Waals surface area (Å²) in [5, 5.41) is 0. The Labute approximate surface area is 123 Å². The van der Waals surface area contributed by atoms with E-state index in [1.807, 2.05) is 0 Å². The van der Waals surface area contributed by atoms with Crippen LogP contribution in [0, 0.1) is 0 Å². The number of likely N-dealkylation sites (N-methyl/N-ethyl adjacent to an activating group) is 1. The molecule has 20 heavy (non-hydrogen) atoms. The average Bonchev–Trinajstić information content (AvgIpc) is 2.47. The van der Waals surface area contributed by atoms with Crippen LogP contribution < -0.4 is 10.6 Å². The first kappa shape index (κ1) is 15.3. The van der Waals surface area contributed by atoms with Gasteiger partial charge in [-0.05, 0) is 51.1 Å². The predicted octanol–water partition coefficient (Wildman–Crippen LogP) is 2.02. The molecular weight excluding hydrogens is 248 g/mol. The lowest BCUT2D eigenvalue weighted by molar-refractivity contribution is 0.257. The van der Waals surface area contributed by atoms with Gasteiger partial charge in [0.2, 0.25) is 0 Å². The van der Waals surface area contributed by atoms with Gasteiger partial charge in [0.15, 0.2) is 0 Å². The van der Waals surface area contributed by atoms with Crippen molar-refractivity contribution in [3.8, 4) is 0 Å². The van der Waals surface area contributed by atoms with E-state index in [-0.39, 0.29) is 0 Å². The molecule has 1 atom stereocenters. The zero-order valence-corrected chi connectivity index (χ0v) is 13.1. The monoisotopic (exact) mass is 276 g/mol. The van der Waals surface area contributed by atoms with Gasteiger partial charge in [0.05, 0.1) is 0 Å². The lowest BCUT2D eigenvalue weighted by atomic mass is 10.0. The third-order valence-corrected chi connectivity index (χ3v) is 4.12. The highest BCUT2D eigenvalue weighted by molar-refractivity contribution is 5.43. The topological polar surface area (TPSA) is 45.4 Å². The lowest BCUT2D eigenvalue weighted by Crippen LogP contribution is -2.45. The first-order valence-electron chi connectivity index (χ1n) is 7.75. The summed E-state index contributed by atoms with van der Waals surface area (Å²) in [6, 6.07) is 4.94. The average molecular weight is 276 g/mol. The van der Waals surface area contributed by atoms with E-state index >= 15 is 0 Å². The van der Waals surface area contributed by atoms with Crippen molar-refractivity contribution in [3.63, 3.8) is 0 Å². The molecule has 0 spiro atoms. The molecule has 0 aromatic carbocycles. The van der Waals surface area contributed by atoms with Crippen molar-refractivity contribution >= 4 is 5.82 Å². The summed E-state index contributed by atoms with van der Waals surface area (Å²) in [6.45, 7) is 4.97. The number of aryl methyl sites for hydroxylation is 1. The molecule has 1 aliphatic heterocycles. The molecule has 2 heterocycles. The van der Waals surface area contributed by atoms with E-state index in [0.29, 0.717) is 12.6 Å². The van der Waals surface area contributed by atoms with E-state index in [2.05, 4.69) is 43.0 Å². The molecule has 2 N–H and O–H groups in total. The van der Waals surface area contributed by atoms with Crippen molar-refractivity contribution in [3.05, 3.63) is 23.4 Å². The Bertz CT molecular complexity index is 430. The van der Waals surface area contributed by atoms with Gasteiger partial charge in [0.1, 0.15) is 5.82 Å². The van der Waals surface area contributed by atoms with Crippen molar-refractivity contribution in [2.75, 3.05) is 32.1 Å². The number of rotatable bonds is 5. The second-order valence-corrected chi connectivity index (χ2v) is 5.98. The molecule has 4 heteroatoms. The summed E-state index contributed by atoms with van der Waals surface area (Å²) in [6.07, 6.45) is 4.68. The lowest BCUT2D eigenvalue weighted by Gasteiger charge is -2.37. The maximum Gasteiger partial charge on any atom is 0.129 e. The Morgan fingerprint density at radius 1 is 1.40 bits per heavy atom. The van der Waals surface area contributed by atoms with Crippen LogP contribution >= 0.6 is 0 Å². The van der Waals surface area contributed by atoms with Crippen molar-refractivity contribution in [1.29, 1.82) is 0 Å². The van der Waals surface area contributed by atoms with Gasteiger partial charge in [-0.2, -0.15) is 0 Å². The number of nitrogens with two attached hydrogens (primary N) is 1. The number of hydrogen-bond acceptors (Lipinski definition) is 4. The molecule has 4 nitrogen and oxygen atoms in total. The molecule has 2 rings (SSSR count). The van der Waals surface area contributed by atoms with E-state index in [1.54, 1.807) is 0 Å². The quantitative estimate of drug-likeness (QED) is 0.894. The summed E-state index contributed by atoms with van der Waals surface area (Å²) in [5.74, 6) is 1.11. The normalized spacial score (nSPS) is 19.6. The number of aromatic nitrogens is 1. The van der Waals surface area contributed by atoms with Crippen molar-refractivity contribution in [2.24, 2.45) is 5.73 Å². The fourth-order valence-electron chi connectivity index (χ4n) is 2.88. The van der Waals surface area contributed by atoms with Gasteiger partial charge in [-0.15, -0.1) is 0 Å². The third-order valence-electron chi connectivity index (χ3n) is 4.12. The molecule has 1 saturated heterocycles. The maximum atomic E-state index is 5.83. The van der Waals surface area contributed by atoms with Crippen LogP contribution in [0.4, 0.5) is 5.82 Å². The Morgan fingerprint density at radius 3 is 2.85 bits per heavy atom. The van der Waals surface area contributed by atoms with Crippen LogP contribution in [-0.4, -0.2) is 43.1 Å². The predicted molar refractivity (Wildman–Crippen MR) is 85.0 cm³/mol. The summed E-state index contributed by atoms with van der Waals surface area (Å²) in [4.78, 5) is 9.59. The van der Waals surface area contributed by atoms with Crippen LogP contribution in [0.1, 0.15) is 37.4 Å². The SMILES string of the molecule is CCCc1cc(CN)cc(N2CCCC(N(C)C)C2)n1. The number of nitrogens with zero attached hydrogens (tertiary/aromatic N) is 3. The minimum Gasteiger partial charge on any atom is -0.355 e. The third kappa shape index (κ3) is 3.70. The summed E-state index contributed by atoms with van der Waals surface area (Å²) < 4.78 is 0.